The first-order valence-corrected chi connectivity index (χ1v) is 17.8. The van der Waals surface area contributed by atoms with E-state index in [-0.39, 0.29) is 43.2 Å². The zero-order valence-electron chi connectivity index (χ0n) is 30.2. The van der Waals surface area contributed by atoms with Crippen LogP contribution in [0.1, 0.15) is 120 Å². The van der Waals surface area contributed by atoms with E-state index < -0.39 is 0 Å². The Morgan fingerprint density at radius 1 is 0.679 bits per heavy atom. The van der Waals surface area contributed by atoms with Crippen molar-refractivity contribution in [1.29, 1.82) is 0 Å². The van der Waals surface area contributed by atoms with Gasteiger partial charge in [0.1, 0.15) is 5.75 Å². The molecule has 7 heteroatoms. The topological polar surface area (TPSA) is 109 Å². The number of rotatable bonds is 4. The molecule has 4 heterocycles. The molecule has 0 radical (unpaired) electrons. The molecule has 0 amide bonds. The fourth-order valence-corrected chi connectivity index (χ4v) is 5.12. The highest BCUT2D eigenvalue weighted by atomic mass is 16.3. The van der Waals surface area contributed by atoms with Gasteiger partial charge in [0.05, 0.1) is 12.4 Å². The third kappa shape index (κ3) is 24.1. The highest BCUT2D eigenvalue weighted by Crippen LogP contribution is 2.17. The highest BCUT2D eigenvalue weighted by molar-refractivity contribution is 5.82. The molecule has 7 rings (SSSR count). The van der Waals surface area contributed by atoms with Gasteiger partial charge in [-0.1, -0.05) is 125 Å². The van der Waals surface area contributed by atoms with Gasteiger partial charge in [-0.3, -0.25) is 0 Å². The Labute approximate surface area is 326 Å². The molecule has 0 aliphatic carbocycles. The Balaban J connectivity index is -0.000000270. The molecule has 302 valence electrons. The van der Waals surface area contributed by atoms with Crippen LogP contribution in [0.5, 0.6) is 5.75 Å². The third-order valence-electron chi connectivity index (χ3n) is 8.22. The quantitative estimate of drug-likeness (QED) is 0.110. The summed E-state index contributed by atoms with van der Waals surface area (Å²) in [6.45, 7) is 14.8. The number of para-hydroxylation sites is 1. The molecule has 2 aliphatic heterocycles. The first-order valence-electron chi connectivity index (χ1n) is 17.8. The molecule has 2 aromatic heterocycles. The van der Waals surface area contributed by atoms with Crippen molar-refractivity contribution in [2.24, 2.45) is 0 Å². The lowest BCUT2D eigenvalue weighted by Gasteiger charge is -1.95. The van der Waals surface area contributed by atoms with Crippen LogP contribution in [0.25, 0.3) is 10.9 Å². The molecule has 3 aromatic carbocycles. The van der Waals surface area contributed by atoms with Gasteiger partial charge in [0.15, 0.2) is 0 Å². The summed E-state index contributed by atoms with van der Waals surface area (Å²) in [4.78, 5) is 10.1. The van der Waals surface area contributed by atoms with E-state index in [1.807, 2.05) is 24.4 Å². The van der Waals surface area contributed by atoms with Crippen molar-refractivity contribution >= 4 is 10.9 Å². The van der Waals surface area contributed by atoms with E-state index in [4.69, 9.17) is 10.2 Å². The second kappa shape index (κ2) is 33.9. The zero-order chi connectivity index (χ0) is 35.0. The molecule has 7 nitrogen and oxygen atoms in total. The van der Waals surface area contributed by atoms with Crippen LogP contribution in [0.15, 0.2) is 97.6 Å². The number of fused-ring (bicyclic) bond motifs is 1. The monoisotopic (exact) mass is 736 g/mol. The largest absolute Gasteiger partial charge is 0.508 e. The molecule has 53 heavy (non-hydrogen) atoms. The number of H-pyrrole nitrogens is 2. The number of hydrogen-bond acceptors (Lipinski definition) is 5. The molecule has 0 spiro atoms. The Kier molecular flexibility index (Phi) is 35.7. The number of benzene rings is 3. The smallest absolute Gasteiger partial charge is 0.115 e. The molecule has 3 unspecified atom stereocenters. The van der Waals surface area contributed by atoms with Gasteiger partial charge in [-0.05, 0) is 100 Å². The van der Waals surface area contributed by atoms with Crippen LogP contribution >= 0.6 is 0 Å². The number of hydrogen-bond donors (Lipinski definition) is 6. The number of aliphatic hydroxyl groups excluding tert-OH is 1. The number of imidazole rings is 1. The number of aryl methyl sites for hydroxylation is 4. The summed E-state index contributed by atoms with van der Waals surface area (Å²) in [5.41, 5.74) is 6.50. The molecule has 2 fully saturated rings. The van der Waals surface area contributed by atoms with Gasteiger partial charge in [0, 0.05) is 47.6 Å². The molecule has 0 saturated carbocycles. The third-order valence-corrected chi connectivity index (χ3v) is 8.22. The van der Waals surface area contributed by atoms with Crippen molar-refractivity contribution in [3.05, 3.63) is 120 Å². The van der Waals surface area contributed by atoms with E-state index in [0.29, 0.717) is 11.8 Å². The maximum absolute atomic E-state index is 8.85. The van der Waals surface area contributed by atoms with Gasteiger partial charge in [-0.2, -0.15) is 0 Å². The summed E-state index contributed by atoms with van der Waals surface area (Å²) in [5, 5.41) is 25.5. The summed E-state index contributed by atoms with van der Waals surface area (Å²) in [6.07, 6.45) is 13.5. The molecular weight excluding hydrogens is 655 g/mol. The van der Waals surface area contributed by atoms with Crippen LogP contribution in [-0.2, 0) is 25.7 Å². The Morgan fingerprint density at radius 3 is 1.66 bits per heavy atom. The van der Waals surface area contributed by atoms with E-state index >= 15 is 0 Å². The van der Waals surface area contributed by atoms with Crippen LogP contribution in [0, 0.1) is 0 Å². The number of phenolic OH excluding ortho intramolecular Hbond substituents is 1. The van der Waals surface area contributed by atoms with E-state index in [2.05, 4.69) is 122 Å². The number of phenols is 1. The highest BCUT2D eigenvalue weighted by Gasteiger charge is 2.16. The van der Waals surface area contributed by atoms with Crippen molar-refractivity contribution < 1.29 is 10.2 Å². The van der Waals surface area contributed by atoms with Crippen molar-refractivity contribution in [3.8, 4) is 5.75 Å². The maximum Gasteiger partial charge on any atom is 0.115 e. The van der Waals surface area contributed by atoms with Crippen LogP contribution in [0.3, 0.4) is 0 Å². The summed E-state index contributed by atoms with van der Waals surface area (Å²) in [5.74, 6) is 0.340. The summed E-state index contributed by atoms with van der Waals surface area (Å²) >= 11 is 0. The van der Waals surface area contributed by atoms with Crippen LogP contribution in [0.2, 0.25) is 0 Å². The predicted octanol–water partition coefficient (Wildman–Crippen LogP) is 11.6. The second-order valence-corrected chi connectivity index (χ2v) is 12.2. The second-order valence-electron chi connectivity index (χ2n) is 12.2. The number of aliphatic hydroxyl groups is 1. The van der Waals surface area contributed by atoms with Gasteiger partial charge in [0.25, 0.3) is 0 Å². The van der Waals surface area contributed by atoms with Crippen molar-refractivity contribution in [2.45, 2.75) is 142 Å². The number of aromatic amines is 2. The van der Waals surface area contributed by atoms with Crippen molar-refractivity contribution in [2.75, 3.05) is 13.1 Å². The molecule has 2 aliphatic rings. The molecule has 3 atom stereocenters. The van der Waals surface area contributed by atoms with Crippen LogP contribution < -0.4 is 10.6 Å². The van der Waals surface area contributed by atoms with Gasteiger partial charge >= 0.3 is 0 Å². The Morgan fingerprint density at radius 2 is 1.28 bits per heavy atom. The predicted molar refractivity (Wildman–Crippen MR) is 237 cm³/mol. The van der Waals surface area contributed by atoms with Crippen LogP contribution in [0.4, 0.5) is 0 Å². The minimum atomic E-state index is -0.0880. The lowest BCUT2D eigenvalue weighted by atomic mass is 10.1. The van der Waals surface area contributed by atoms with Gasteiger partial charge in [-0.15, -0.1) is 0 Å². The Hall–Kier alpha value is -3.91. The average molecular weight is 736 g/mol. The fraction of sp³-hybridized carbons (Fsp3) is 0.500. The number of nitrogens with one attached hydrogen (secondary N) is 4. The van der Waals surface area contributed by atoms with Gasteiger partial charge in [-0.25, -0.2) is 4.98 Å². The molecule has 6 N–H and O–H groups in total. The van der Waals surface area contributed by atoms with E-state index in [0.717, 1.165) is 44.7 Å². The van der Waals surface area contributed by atoms with Crippen molar-refractivity contribution in [3.63, 3.8) is 0 Å². The standard InChI is InChI=1S/C10H11N.C8H10O.C8H10.C5H8N2.C5H11NO.C5H11N.5CH4/c1-2-8-7-11-10-6-4-3-5-9(8)10;1-2-7-3-5-8(9)6-4-7;1-2-8-6-4-3-5-7-8;1-2-5-3-6-4-7-5;1-4-2-5(7)3-6-4;1-5-3-2-4-6-5;;;;;/h3-7,11H,2H2,1H3;3-6,9H,2H2,1H3;3-7H,2H2,1H3;3-4H,2H2,1H3,(H,6,7);4-7H,2-3H2,1H3;5-6H,2-4H2,1H3;5*1H4. The van der Waals surface area contributed by atoms with Crippen molar-refractivity contribution in [1.82, 2.24) is 25.6 Å². The minimum Gasteiger partial charge on any atom is -0.508 e. The first-order chi connectivity index (χ1) is 23.3. The number of aromatic nitrogens is 3. The zero-order valence-corrected chi connectivity index (χ0v) is 30.2. The van der Waals surface area contributed by atoms with E-state index in [1.165, 1.54) is 52.7 Å². The Bertz CT molecular complexity index is 1440. The molecule has 5 aromatic rings. The van der Waals surface area contributed by atoms with Crippen LogP contribution in [-0.4, -0.2) is 56.4 Å². The van der Waals surface area contributed by atoms with E-state index in [1.54, 1.807) is 18.5 Å². The minimum absolute atomic E-state index is 0. The SMILES string of the molecule is C.C.C.C.C.CC1CC(O)CN1.CC1CCCN1.CCc1c[nH]c2ccccc12.CCc1ccc(O)cc1.CCc1ccccc1.CCc1cnc[nH]1. The lowest BCUT2D eigenvalue weighted by molar-refractivity contribution is 0.194. The fourth-order valence-electron chi connectivity index (χ4n) is 5.12. The van der Waals surface area contributed by atoms with Gasteiger partial charge < -0.3 is 30.8 Å². The normalized spacial score (nSPS) is 15.9. The maximum atomic E-state index is 8.85. The number of β-amino-alcohol motifs (C(OH)–C–C–N with tert-alkyl or cyclic N) is 1. The molecule has 0 bridgehead atoms. The van der Waals surface area contributed by atoms with E-state index in [9.17, 15) is 0 Å². The summed E-state index contributed by atoms with van der Waals surface area (Å²) in [6, 6.07) is 27.4. The lowest BCUT2D eigenvalue weighted by Crippen LogP contribution is -2.17. The number of aromatic hydroxyl groups is 1. The summed E-state index contributed by atoms with van der Waals surface area (Å²) in [7, 11) is 0. The molecule has 2 saturated heterocycles. The average Bonchev–Trinajstić information content (AvgIpc) is 3.96. The summed E-state index contributed by atoms with van der Waals surface area (Å²) < 4.78 is 0. The van der Waals surface area contributed by atoms with Gasteiger partial charge in [0.2, 0.25) is 0 Å². The first kappa shape index (κ1) is 55.8. The number of nitrogens with zero attached hydrogens (tertiary/aromatic N) is 1. The molecular formula is C46H81N5O2.